The number of nitrogens with one attached hydrogen (secondary N) is 1. The van der Waals surface area contributed by atoms with E-state index in [2.05, 4.69) is 11.4 Å². The number of hydrogen-bond donors (Lipinski definition) is 1. The van der Waals surface area contributed by atoms with Crippen LogP contribution in [0.2, 0.25) is 0 Å². The molecule has 4 heteroatoms. The first-order valence-corrected chi connectivity index (χ1v) is 8.76. The Morgan fingerprint density at radius 3 is 2.39 bits per heavy atom. The number of carbonyl (C=O) groups is 1. The van der Waals surface area contributed by atoms with Crippen LogP contribution in [0.5, 0.6) is 0 Å². The van der Waals surface area contributed by atoms with Gasteiger partial charge in [0.15, 0.2) is 0 Å². The number of benzene rings is 1. The topological polar surface area (TPSA) is 56.1 Å². The van der Waals surface area contributed by atoms with E-state index in [4.69, 9.17) is 0 Å². The molecule has 0 bridgehead atoms. The Hall–Kier alpha value is -2.02. The minimum absolute atomic E-state index is 0.0523. The van der Waals surface area contributed by atoms with Crippen molar-refractivity contribution < 1.29 is 4.79 Å². The Morgan fingerprint density at radius 1 is 1.13 bits per heavy atom. The molecule has 1 N–H and O–H groups in total. The summed E-state index contributed by atoms with van der Waals surface area (Å²) in [4.78, 5) is 14.3. The fourth-order valence-electron chi connectivity index (χ4n) is 3.83. The average Bonchev–Trinajstić information content (AvgIpc) is 2.63. The van der Waals surface area contributed by atoms with Crippen LogP contribution in [0.15, 0.2) is 30.3 Å². The van der Waals surface area contributed by atoms with Crippen molar-refractivity contribution in [3.05, 3.63) is 35.9 Å². The number of amides is 2. The van der Waals surface area contributed by atoms with E-state index in [9.17, 15) is 10.1 Å². The summed E-state index contributed by atoms with van der Waals surface area (Å²) in [5.41, 5.74) is 0.637. The second-order valence-electron chi connectivity index (χ2n) is 6.83. The number of carbonyl (C=O) groups excluding carboxylic acids is 1. The average molecular weight is 311 g/mol. The minimum Gasteiger partial charge on any atom is -0.335 e. The Bertz CT molecular complexity index is 564. The maximum atomic E-state index is 12.4. The number of urea groups is 1. The highest BCUT2D eigenvalue weighted by atomic mass is 16.2. The first kappa shape index (κ1) is 15.9. The summed E-state index contributed by atoms with van der Waals surface area (Å²) < 4.78 is 0. The van der Waals surface area contributed by atoms with Gasteiger partial charge in [0, 0.05) is 19.1 Å². The molecule has 1 heterocycles. The fourth-order valence-corrected chi connectivity index (χ4v) is 3.83. The molecule has 2 aliphatic rings. The molecule has 1 saturated carbocycles. The Labute approximate surface area is 138 Å². The van der Waals surface area contributed by atoms with Gasteiger partial charge in [0.1, 0.15) is 0 Å². The molecule has 4 nitrogen and oxygen atoms in total. The summed E-state index contributed by atoms with van der Waals surface area (Å²) in [6.07, 6.45) is 7.36. The van der Waals surface area contributed by atoms with Gasteiger partial charge in [-0.1, -0.05) is 49.6 Å². The van der Waals surface area contributed by atoms with Crippen molar-refractivity contribution in [3.63, 3.8) is 0 Å². The van der Waals surface area contributed by atoms with Crippen molar-refractivity contribution in [2.45, 2.75) is 56.4 Å². The zero-order valence-corrected chi connectivity index (χ0v) is 13.6. The normalized spacial score (nSPS) is 21.4. The van der Waals surface area contributed by atoms with Crippen LogP contribution in [0.25, 0.3) is 0 Å². The van der Waals surface area contributed by atoms with E-state index in [1.165, 1.54) is 19.3 Å². The Kier molecular flexibility index (Phi) is 4.85. The number of hydrogen-bond acceptors (Lipinski definition) is 2. The molecule has 0 unspecified atom stereocenters. The molecule has 0 atom stereocenters. The molecule has 1 aromatic rings. The lowest BCUT2D eigenvalue weighted by atomic mass is 9.74. The molecule has 2 amide bonds. The van der Waals surface area contributed by atoms with Gasteiger partial charge in [-0.25, -0.2) is 4.79 Å². The van der Waals surface area contributed by atoms with E-state index in [1.807, 2.05) is 35.2 Å². The molecular weight excluding hydrogens is 286 g/mol. The maximum absolute atomic E-state index is 12.4. The van der Waals surface area contributed by atoms with Crippen LogP contribution in [-0.4, -0.2) is 30.1 Å². The molecule has 122 valence electrons. The van der Waals surface area contributed by atoms with Crippen LogP contribution in [0.4, 0.5) is 4.79 Å². The summed E-state index contributed by atoms with van der Waals surface area (Å²) in [5, 5.41) is 12.9. The Morgan fingerprint density at radius 2 is 1.78 bits per heavy atom. The quantitative estimate of drug-likeness (QED) is 0.907. The molecule has 3 rings (SSSR count). The number of piperidine rings is 1. The van der Waals surface area contributed by atoms with Gasteiger partial charge in [-0.05, 0) is 31.2 Å². The van der Waals surface area contributed by atoms with Crippen molar-refractivity contribution in [2.75, 3.05) is 13.1 Å². The van der Waals surface area contributed by atoms with E-state index in [0.29, 0.717) is 32.0 Å². The molecule has 0 radical (unpaired) electrons. The van der Waals surface area contributed by atoms with Crippen molar-refractivity contribution in [2.24, 2.45) is 0 Å². The highest BCUT2D eigenvalue weighted by molar-refractivity contribution is 5.74. The van der Waals surface area contributed by atoms with Crippen LogP contribution < -0.4 is 5.32 Å². The highest BCUT2D eigenvalue weighted by Crippen LogP contribution is 2.34. The van der Waals surface area contributed by atoms with Crippen LogP contribution >= 0.6 is 0 Å². The lowest BCUT2D eigenvalue weighted by Gasteiger charge is -2.38. The smallest absolute Gasteiger partial charge is 0.317 e. The summed E-state index contributed by atoms with van der Waals surface area (Å²) in [5.74, 6) is 0. The van der Waals surface area contributed by atoms with E-state index >= 15 is 0 Å². The predicted octanol–water partition coefficient (Wildman–Crippen LogP) is 3.59. The third-order valence-corrected chi connectivity index (χ3v) is 5.38. The van der Waals surface area contributed by atoms with E-state index < -0.39 is 5.41 Å². The van der Waals surface area contributed by atoms with Crippen molar-refractivity contribution in [3.8, 4) is 6.07 Å². The van der Waals surface area contributed by atoms with Gasteiger partial charge >= 0.3 is 6.03 Å². The summed E-state index contributed by atoms with van der Waals surface area (Å²) >= 11 is 0. The van der Waals surface area contributed by atoms with Crippen LogP contribution in [-0.2, 0) is 5.41 Å². The maximum Gasteiger partial charge on any atom is 0.317 e. The zero-order chi connectivity index (χ0) is 16.1. The van der Waals surface area contributed by atoms with Gasteiger partial charge in [-0.2, -0.15) is 5.26 Å². The van der Waals surface area contributed by atoms with Crippen LogP contribution in [0.3, 0.4) is 0 Å². The lowest BCUT2D eigenvalue weighted by Crippen LogP contribution is -2.50. The van der Waals surface area contributed by atoms with E-state index in [1.54, 1.807) is 0 Å². The zero-order valence-electron chi connectivity index (χ0n) is 13.6. The van der Waals surface area contributed by atoms with Gasteiger partial charge in [-0.3, -0.25) is 0 Å². The van der Waals surface area contributed by atoms with Gasteiger partial charge in [0.25, 0.3) is 0 Å². The molecule has 2 fully saturated rings. The first-order valence-electron chi connectivity index (χ1n) is 8.76. The van der Waals surface area contributed by atoms with Gasteiger partial charge in [0.05, 0.1) is 11.5 Å². The first-order chi connectivity index (χ1) is 11.2. The summed E-state index contributed by atoms with van der Waals surface area (Å²) in [7, 11) is 0. The molecule has 0 aromatic heterocycles. The molecule has 1 saturated heterocycles. The Balaban J connectivity index is 1.59. The molecule has 1 aliphatic carbocycles. The molecule has 0 spiro atoms. The number of nitrogens with zero attached hydrogens (tertiary/aromatic N) is 2. The summed E-state index contributed by atoms with van der Waals surface area (Å²) in [6.45, 7) is 1.31. The standard InChI is InChI=1S/C19H25N3O/c20-15-19(16-7-3-1-4-8-16)11-13-22(14-12-19)18(23)21-17-9-5-2-6-10-17/h1,3-4,7-8,17H,2,5-6,9-14H2,(H,21,23). The van der Waals surface area contributed by atoms with Crippen molar-refractivity contribution in [1.82, 2.24) is 10.2 Å². The third kappa shape index (κ3) is 3.50. The molecule has 1 aliphatic heterocycles. The number of likely N-dealkylation sites (tertiary alicyclic amines) is 1. The second-order valence-corrected chi connectivity index (χ2v) is 6.83. The fraction of sp³-hybridized carbons (Fsp3) is 0.579. The third-order valence-electron chi connectivity index (χ3n) is 5.38. The number of rotatable bonds is 2. The van der Waals surface area contributed by atoms with Gasteiger partial charge < -0.3 is 10.2 Å². The monoisotopic (exact) mass is 311 g/mol. The largest absolute Gasteiger partial charge is 0.335 e. The lowest BCUT2D eigenvalue weighted by molar-refractivity contribution is 0.165. The molecule has 1 aromatic carbocycles. The van der Waals surface area contributed by atoms with Crippen molar-refractivity contribution in [1.29, 1.82) is 5.26 Å². The van der Waals surface area contributed by atoms with Gasteiger partial charge in [-0.15, -0.1) is 0 Å². The summed E-state index contributed by atoms with van der Waals surface area (Å²) in [6, 6.07) is 12.9. The van der Waals surface area contributed by atoms with E-state index in [0.717, 1.165) is 18.4 Å². The minimum atomic E-state index is -0.442. The van der Waals surface area contributed by atoms with Crippen LogP contribution in [0.1, 0.15) is 50.5 Å². The van der Waals surface area contributed by atoms with Crippen molar-refractivity contribution >= 4 is 6.03 Å². The highest BCUT2D eigenvalue weighted by Gasteiger charge is 2.37. The molecular formula is C19H25N3O. The second kappa shape index (κ2) is 7.04. The SMILES string of the molecule is N#CC1(c2ccccc2)CCN(C(=O)NC2CCCCC2)CC1. The molecule has 23 heavy (non-hydrogen) atoms. The van der Waals surface area contributed by atoms with E-state index in [-0.39, 0.29) is 6.03 Å². The predicted molar refractivity (Wildman–Crippen MR) is 89.9 cm³/mol. The van der Waals surface area contributed by atoms with Crippen LogP contribution in [0, 0.1) is 11.3 Å². The number of nitriles is 1. The van der Waals surface area contributed by atoms with Gasteiger partial charge in [0.2, 0.25) is 0 Å².